The molecule has 0 aliphatic carbocycles. The number of nitrogen functional groups attached to an aromatic ring is 1. The summed E-state index contributed by atoms with van der Waals surface area (Å²) in [5, 5.41) is 9.12. The van der Waals surface area contributed by atoms with E-state index in [2.05, 4.69) is 10.2 Å². The second-order valence-electron chi connectivity index (χ2n) is 5.98. The van der Waals surface area contributed by atoms with Crippen molar-refractivity contribution in [1.29, 1.82) is 0 Å². The number of benzene rings is 2. The Bertz CT molecular complexity index is 933. The summed E-state index contributed by atoms with van der Waals surface area (Å²) in [7, 11) is 1.88. The molecular weight excluding hydrogens is 332 g/mol. The SMILES string of the molecule is Cc1ccc(C(=O)CSc2nnc(-c3ccccc3N)n2C)c(C)c1. The number of ketones is 1. The number of aromatic nitrogens is 3. The first-order valence-electron chi connectivity index (χ1n) is 7.95. The maximum Gasteiger partial charge on any atom is 0.191 e. The van der Waals surface area contributed by atoms with Crippen LogP contribution in [0.2, 0.25) is 0 Å². The predicted octanol–water partition coefficient (Wildman–Crippen LogP) is 3.66. The fourth-order valence-corrected chi connectivity index (χ4v) is 3.50. The maximum atomic E-state index is 12.5. The average molecular weight is 352 g/mol. The summed E-state index contributed by atoms with van der Waals surface area (Å²) < 4.78 is 1.87. The lowest BCUT2D eigenvalue weighted by molar-refractivity contribution is 0.102. The van der Waals surface area contributed by atoms with Crippen LogP contribution < -0.4 is 5.73 Å². The molecule has 3 aromatic rings. The zero-order valence-electron chi connectivity index (χ0n) is 14.5. The summed E-state index contributed by atoms with van der Waals surface area (Å²) in [5.74, 6) is 1.10. The van der Waals surface area contributed by atoms with Crippen molar-refractivity contribution < 1.29 is 4.79 Å². The van der Waals surface area contributed by atoms with Gasteiger partial charge in [0.05, 0.1) is 5.75 Å². The molecule has 0 saturated heterocycles. The van der Waals surface area contributed by atoms with Gasteiger partial charge in [0.15, 0.2) is 16.8 Å². The number of carbonyl (C=O) groups excluding carboxylic acids is 1. The van der Waals surface area contributed by atoms with E-state index in [4.69, 9.17) is 5.73 Å². The maximum absolute atomic E-state index is 12.5. The smallest absolute Gasteiger partial charge is 0.191 e. The molecule has 0 bridgehead atoms. The van der Waals surface area contributed by atoms with Gasteiger partial charge in [0.25, 0.3) is 0 Å². The van der Waals surface area contributed by atoms with Crippen LogP contribution >= 0.6 is 11.8 Å². The molecule has 1 heterocycles. The Morgan fingerprint density at radius 3 is 2.64 bits per heavy atom. The van der Waals surface area contributed by atoms with Crippen LogP contribution in [-0.2, 0) is 7.05 Å². The second-order valence-corrected chi connectivity index (χ2v) is 6.93. The number of aryl methyl sites for hydroxylation is 2. The van der Waals surface area contributed by atoms with Gasteiger partial charge >= 0.3 is 0 Å². The molecule has 0 atom stereocenters. The third-order valence-electron chi connectivity index (χ3n) is 4.05. The topological polar surface area (TPSA) is 73.8 Å². The summed E-state index contributed by atoms with van der Waals surface area (Å²) in [6, 6.07) is 13.4. The lowest BCUT2D eigenvalue weighted by Crippen LogP contribution is -2.06. The molecule has 0 amide bonds. The molecule has 0 radical (unpaired) electrons. The van der Waals surface area contributed by atoms with Crippen LogP contribution in [0.15, 0.2) is 47.6 Å². The summed E-state index contributed by atoms with van der Waals surface area (Å²) in [6.07, 6.45) is 0. The average Bonchev–Trinajstić information content (AvgIpc) is 2.94. The molecule has 5 nitrogen and oxygen atoms in total. The van der Waals surface area contributed by atoms with E-state index in [1.165, 1.54) is 11.8 Å². The van der Waals surface area contributed by atoms with Crippen LogP contribution in [0.25, 0.3) is 11.4 Å². The minimum absolute atomic E-state index is 0.0891. The Balaban J connectivity index is 1.76. The number of hydrogen-bond donors (Lipinski definition) is 1. The number of nitrogens with zero attached hydrogens (tertiary/aromatic N) is 3. The molecule has 2 aromatic carbocycles. The van der Waals surface area contributed by atoms with Crippen molar-refractivity contribution in [2.75, 3.05) is 11.5 Å². The van der Waals surface area contributed by atoms with Gasteiger partial charge in [-0.2, -0.15) is 0 Å². The van der Waals surface area contributed by atoms with Gasteiger partial charge < -0.3 is 10.3 Å². The molecule has 0 unspecified atom stereocenters. The van der Waals surface area contributed by atoms with Crippen molar-refractivity contribution in [2.24, 2.45) is 7.05 Å². The van der Waals surface area contributed by atoms with Crippen LogP contribution in [0, 0.1) is 13.8 Å². The van der Waals surface area contributed by atoms with Gasteiger partial charge in [-0.3, -0.25) is 4.79 Å². The first-order chi connectivity index (χ1) is 12.0. The van der Waals surface area contributed by atoms with E-state index < -0.39 is 0 Å². The van der Waals surface area contributed by atoms with Crippen LogP contribution in [-0.4, -0.2) is 26.3 Å². The first-order valence-corrected chi connectivity index (χ1v) is 8.93. The Morgan fingerprint density at radius 2 is 1.92 bits per heavy atom. The largest absolute Gasteiger partial charge is 0.398 e. The number of anilines is 1. The van der Waals surface area contributed by atoms with Crippen molar-refractivity contribution in [3.63, 3.8) is 0 Å². The summed E-state index contributed by atoms with van der Waals surface area (Å²) in [5.41, 5.74) is 10.4. The molecule has 3 rings (SSSR count). The number of Topliss-reactive ketones (excluding diaryl/α,β-unsaturated/α-hetero) is 1. The number of rotatable bonds is 5. The van der Waals surface area contributed by atoms with E-state index >= 15 is 0 Å². The van der Waals surface area contributed by atoms with E-state index in [0.29, 0.717) is 22.4 Å². The zero-order valence-corrected chi connectivity index (χ0v) is 15.3. The summed E-state index contributed by atoms with van der Waals surface area (Å²) in [4.78, 5) is 12.5. The molecule has 2 N–H and O–H groups in total. The summed E-state index contributed by atoms with van der Waals surface area (Å²) in [6.45, 7) is 3.98. The standard InChI is InChI=1S/C19H20N4OS/c1-12-8-9-14(13(2)10-12)17(24)11-25-19-22-21-18(23(19)3)15-6-4-5-7-16(15)20/h4-10H,11,20H2,1-3H3. The molecule has 0 aliphatic heterocycles. The fraction of sp³-hybridized carbons (Fsp3) is 0.211. The van der Waals surface area contributed by atoms with E-state index in [0.717, 1.165) is 22.3 Å². The molecule has 0 saturated carbocycles. The first kappa shape index (κ1) is 17.2. The molecule has 128 valence electrons. The van der Waals surface area contributed by atoms with E-state index in [1.807, 2.05) is 67.9 Å². The number of carbonyl (C=O) groups is 1. The van der Waals surface area contributed by atoms with Crippen molar-refractivity contribution in [3.05, 3.63) is 59.2 Å². The van der Waals surface area contributed by atoms with E-state index in [9.17, 15) is 4.79 Å². The number of thioether (sulfide) groups is 1. The third kappa shape index (κ3) is 3.58. The number of nitrogens with two attached hydrogens (primary N) is 1. The van der Waals surface area contributed by atoms with Crippen molar-refractivity contribution >= 4 is 23.2 Å². The number of para-hydroxylation sites is 1. The summed E-state index contributed by atoms with van der Waals surface area (Å²) >= 11 is 1.38. The highest BCUT2D eigenvalue weighted by molar-refractivity contribution is 7.99. The normalized spacial score (nSPS) is 10.8. The quantitative estimate of drug-likeness (QED) is 0.431. The Kier molecular flexibility index (Phi) is 4.90. The van der Waals surface area contributed by atoms with Crippen molar-refractivity contribution in [3.8, 4) is 11.4 Å². The van der Waals surface area contributed by atoms with Crippen molar-refractivity contribution in [1.82, 2.24) is 14.8 Å². The van der Waals surface area contributed by atoms with Crippen LogP contribution in [0.4, 0.5) is 5.69 Å². The van der Waals surface area contributed by atoms with Gasteiger partial charge in [-0.15, -0.1) is 10.2 Å². The van der Waals surface area contributed by atoms with E-state index in [1.54, 1.807) is 0 Å². The number of hydrogen-bond acceptors (Lipinski definition) is 5. The molecule has 0 spiro atoms. The highest BCUT2D eigenvalue weighted by Crippen LogP contribution is 2.27. The van der Waals surface area contributed by atoms with Gasteiger partial charge in [-0.25, -0.2) is 0 Å². The molecule has 0 fully saturated rings. The second kappa shape index (κ2) is 7.11. The van der Waals surface area contributed by atoms with Gasteiger partial charge in [-0.1, -0.05) is 47.7 Å². The van der Waals surface area contributed by atoms with Gasteiger partial charge in [0.1, 0.15) is 0 Å². The van der Waals surface area contributed by atoms with Crippen LogP contribution in [0.3, 0.4) is 0 Å². The highest BCUT2D eigenvalue weighted by atomic mass is 32.2. The molecule has 0 aliphatic rings. The van der Waals surface area contributed by atoms with E-state index in [-0.39, 0.29) is 5.78 Å². The lowest BCUT2D eigenvalue weighted by Gasteiger charge is -2.07. The third-order valence-corrected chi connectivity index (χ3v) is 5.07. The van der Waals surface area contributed by atoms with Crippen LogP contribution in [0.5, 0.6) is 0 Å². The van der Waals surface area contributed by atoms with Gasteiger partial charge in [0, 0.05) is 23.9 Å². The zero-order chi connectivity index (χ0) is 18.0. The Hall–Kier alpha value is -2.60. The Labute approximate surface area is 151 Å². The molecule has 1 aromatic heterocycles. The molecule has 6 heteroatoms. The van der Waals surface area contributed by atoms with Crippen LogP contribution in [0.1, 0.15) is 21.5 Å². The predicted molar refractivity (Wildman–Crippen MR) is 102 cm³/mol. The minimum Gasteiger partial charge on any atom is -0.398 e. The fourth-order valence-electron chi connectivity index (χ4n) is 2.71. The van der Waals surface area contributed by atoms with Gasteiger partial charge in [-0.05, 0) is 31.5 Å². The lowest BCUT2D eigenvalue weighted by atomic mass is 10.0. The Morgan fingerprint density at radius 1 is 1.16 bits per heavy atom. The van der Waals surface area contributed by atoms with Gasteiger partial charge in [0.2, 0.25) is 0 Å². The minimum atomic E-state index is 0.0891. The molecule has 25 heavy (non-hydrogen) atoms. The molecular formula is C19H20N4OS. The highest BCUT2D eigenvalue weighted by Gasteiger charge is 2.16. The monoisotopic (exact) mass is 352 g/mol. The van der Waals surface area contributed by atoms with Crippen molar-refractivity contribution in [2.45, 2.75) is 19.0 Å².